The minimum Gasteiger partial charge on any atom is -0.308 e. The van der Waals surface area contributed by atoms with E-state index >= 15 is 0 Å². The first-order valence-corrected chi connectivity index (χ1v) is 6.48. The highest BCUT2D eigenvalue weighted by atomic mass is 19.1. The van der Waals surface area contributed by atoms with E-state index in [2.05, 4.69) is 20.8 Å². The van der Waals surface area contributed by atoms with Crippen LogP contribution in [0.25, 0.3) is 0 Å². The molecule has 0 saturated carbocycles. The van der Waals surface area contributed by atoms with Crippen molar-refractivity contribution < 1.29 is 8.78 Å². The topological polar surface area (TPSA) is 55.6 Å². The Morgan fingerprint density at radius 1 is 1.20 bits per heavy atom. The van der Waals surface area contributed by atoms with Crippen LogP contribution in [0.1, 0.15) is 25.2 Å². The van der Waals surface area contributed by atoms with Crippen molar-refractivity contribution in [3.63, 3.8) is 0 Å². The number of aromatic nitrogens is 4. The average molecular weight is 281 g/mol. The van der Waals surface area contributed by atoms with Gasteiger partial charge in [0.05, 0.1) is 6.54 Å². The minimum atomic E-state index is -0.571. The lowest BCUT2D eigenvalue weighted by atomic mass is 10.1. The molecule has 0 radical (unpaired) electrons. The lowest BCUT2D eigenvalue weighted by Gasteiger charge is -2.08. The third kappa shape index (κ3) is 4.06. The first kappa shape index (κ1) is 14.5. The summed E-state index contributed by atoms with van der Waals surface area (Å²) >= 11 is 0. The standard InChI is InChI=1S/C13H17F2N5/c1-9(2)16-8-13-17-18-19-20(13)4-3-10-5-11(14)7-12(15)6-10/h5-7,9,16H,3-4,8H2,1-2H3. The number of rotatable bonds is 6. The fourth-order valence-corrected chi connectivity index (χ4v) is 1.81. The van der Waals surface area contributed by atoms with E-state index in [0.29, 0.717) is 36.9 Å². The smallest absolute Gasteiger partial charge is 0.165 e. The van der Waals surface area contributed by atoms with Crippen molar-refractivity contribution in [3.8, 4) is 0 Å². The van der Waals surface area contributed by atoms with Crippen LogP contribution in [-0.4, -0.2) is 26.2 Å². The quantitative estimate of drug-likeness (QED) is 0.875. The van der Waals surface area contributed by atoms with Gasteiger partial charge in [0.25, 0.3) is 0 Å². The molecule has 0 aliphatic rings. The second-order valence-electron chi connectivity index (χ2n) is 4.88. The Hall–Kier alpha value is -1.89. The molecule has 0 unspecified atom stereocenters. The van der Waals surface area contributed by atoms with Crippen LogP contribution in [0, 0.1) is 11.6 Å². The van der Waals surface area contributed by atoms with Gasteiger partial charge >= 0.3 is 0 Å². The van der Waals surface area contributed by atoms with Crippen LogP contribution in [0.3, 0.4) is 0 Å². The monoisotopic (exact) mass is 281 g/mol. The van der Waals surface area contributed by atoms with E-state index < -0.39 is 11.6 Å². The summed E-state index contributed by atoms with van der Waals surface area (Å²) in [5.41, 5.74) is 0.584. The highest BCUT2D eigenvalue weighted by molar-refractivity contribution is 5.17. The maximum atomic E-state index is 13.1. The molecule has 0 spiro atoms. The van der Waals surface area contributed by atoms with Crippen LogP contribution in [0.15, 0.2) is 18.2 Å². The lowest BCUT2D eigenvalue weighted by Crippen LogP contribution is -2.24. The van der Waals surface area contributed by atoms with E-state index in [1.807, 2.05) is 13.8 Å². The van der Waals surface area contributed by atoms with Gasteiger partial charge in [0.1, 0.15) is 11.6 Å². The molecule has 0 amide bonds. The van der Waals surface area contributed by atoms with Crippen molar-refractivity contribution in [1.29, 1.82) is 0 Å². The van der Waals surface area contributed by atoms with Crippen molar-refractivity contribution in [2.75, 3.05) is 0 Å². The Morgan fingerprint density at radius 2 is 1.90 bits per heavy atom. The number of benzene rings is 1. The molecule has 7 heteroatoms. The lowest BCUT2D eigenvalue weighted by molar-refractivity contribution is 0.514. The first-order chi connectivity index (χ1) is 9.54. The molecule has 0 atom stereocenters. The van der Waals surface area contributed by atoms with Crippen molar-refractivity contribution in [2.24, 2.45) is 0 Å². The second kappa shape index (κ2) is 6.51. The molecule has 0 fully saturated rings. The third-order valence-electron chi connectivity index (χ3n) is 2.81. The van der Waals surface area contributed by atoms with Crippen LogP contribution < -0.4 is 5.32 Å². The Bertz CT molecular complexity index is 547. The molecule has 1 N–H and O–H groups in total. The molecule has 1 heterocycles. The second-order valence-corrected chi connectivity index (χ2v) is 4.88. The van der Waals surface area contributed by atoms with E-state index in [1.165, 1.54) is 12.1 Å². The Balaban J connectivity index is 1.98. The van der Waals surface area contributed by atoms with Gasteiger partial charge < -0.3 is 5.32 Å². The molecule has 0 aliphatic carbocycles. The van der Waals surface area contributed by atoms with Gasteiger partial charge in [-0.25, -0.2) is 13.5 Å². The molecule has 108 valence electrons. The number of aryl methyl sites for hydroxylation is 2. The van der Waals surface area contributed by atoms with Gasteiger partial charge in [-0.3, -0.25) is 0 Å². The summed E-state index contributed by atoms with van der Waals surface area (Å²) in [6.07, 6.45) is 0.467. The van der Waals surface area contributed by atoms with Gasteiger partial charge in [-0.05, 0) is 34.5 Å². The molecule has 1 aromatic heterocycles. The van der Waals surface area contributed by atoms with Crippen LogP contribution in [0.2, 0.25) is 0 Å². The Morgan fingerprint density at radius 3 is 2.55 bits per heavy atom. The van der Waals surface area contributed by atoms with Gasteiger partial charge in [0.2, 0.25) is 0 Å². The summed E-state index contributed by atoms with van der Waals surface area (Å²) < 4.78 is 27.8. The minimum absolute atomic E-state index is 0.331. The predicted molar refractivity (Wildman–Crippen MR) is 69.9 cm³/mol. The van der Waals surface area contributed by atoms with E-state index in [-0.39, 0.29) is 0 Å². The fourth-order valence-electron chi connectivity index (χ4n) is 1.81. The average Bonchev–Trinajstić information content (AvgIpc) is 2.80. The first-order valence-electron chi connectivity index (χ1n) is 6.48. The molecule has 5 nitrogen and oxygen atoms in total. The van der Waals surface area contributed by atoms with Crippen LogP contribution in [-0.2, 0) is 19.5 Å². The summed E-state index contributed by atoms with van der Waals surface area (Å²) in [4.78, 5) is 0. The van der Waals surface area contributed by atoms with E-state index in [0.717, 1.165) is 6.07 Å². The van der Waals surface area contributed by atoms with Crippen LogP contribution >= 0.6 is 0 Å². The number of halogens is 2. The van der Waals surface area contributed by atoms with Crippen molar-refractivity contribution in [3.05, 3.63) is 41.2 Å². The molecule has 0 saturated heterocycles. The molecule has 1 aromatic carbocycles. The largest absolute Gasteiger partial charge is 0.308 e. The Kier molecular flexibility index (Phi) is 4.73. The Labute approximate surface area is 116 Å². The summed E-state index contributed by atoms with van der Waals surface area (Å²) in [5.74, 6) is -0.438. The van der Waals surface area contributed by atoms with E-state index in [4.69, 9.17) is 0 Å². The zero-order chi connectivity index (χ0) is 14.5. The highest BCUT2D eigenvalue weighted by Gasteiger charge is 2.07. The SMILES string of the molecule is CC(C)NCc1nnnn1CCc1cc(F)cc(F)c1. The van der Waals surface area contributed by atoms with Crippen molar-refractivity contribution >= 4 is 0 Å². The van der Waals surface area contributed by atoms with E-state index in [9.17, 15) is 8.78 Å². The van der Waals surface area contributed by atoms with Crippen molar-refractivity contribution in [1.82, 2.24) is 25.5 Å². The normalized spacial score (nSPS) is 11.2. The number of hydrogen-bond acceptors (Lipinski definition) is 4. The molecular formula is C13H17F2N5. The van der Waals surface area contributed by atoms with E-state index in [1.54, 1.807) is 4.68 Å². The molecule has 0 aliphatic heterocycles. The maximum absolute atomic E-state index is 13.1. The molecule has 2 aromatic rings. The summed E-state index contributed by atoms with van der Waals surface area (Å²) in [5, 5.41) is 14.7. The van der Waals surface area contributed by atoms with Gasteiger partial charge in [-0.1, -0.05) is 13.8 Å². The summed E-state index contributed by atoms with van der Waals surface area (Å²) in [7, 11) is 0. The molecule has 20 heavy (non-hydrogen) atoms. The summed E-state index contributed by atoms with van der Waals surface area (Å²) in [6.45, 7) is 5.10. The number of nitrogens with zero attached hydrogens (tertiary/aromatic N) is 4. The van der Waals surface area contributed by atoms with Gasteiger partial charge in [0, 0.05) is 18.7 Å². The molecular weight excluding hydrogens is 264 g/mol. The van der Waals surface area contributed by atoms with Crippen molar-refractivity contribution in [2.45, 2.75) is 39.4 Å². The van der Waals surface area contributed by atoms with Gasteiger partial charge in [-0.2, -0.15) is 0 Å². The van der Waals surface area contributed by atoms with Crippen LogP contribution in [0.4, 0.5) is 8.78 Å². The third-order valence-corrected chi connectivity index (χ3v) is 2.81. The van der Waals surface area contributed by atoms with Gasteiger partial charge in [-0.15, -0.1) is 5.10 Å². The highest BCUT2D eigenvalue weighted by Crippen LogP contribution is 2.09. The molecule has 0 bridgehead atoms. The zero-order valence-corrected chi connectivity index (χ0v) is 11.5. The maximum Gasteiger partial charge on any atom is 0.165 e. The fraction of sp³-hybridized carbons (Fsp3) is 0.462. The number of tetrazole rings is 1. The predicted octanol–water partition coefficient (Wildman–Crippen LogP) is 1.69. The number of nitrogens with one attached hydrogen (secondary N) is 1. The summed E-state index contributed by atoms with van der Waals surface area (Å²) in [6, 6.07) is 3.83. The zero-order valence-electron chi connectivity index (χ0n) is 11.5. The number of hydrogen-bond donors (Lipinski definition) is 1. The molecule has 2 rings (SSSR count). The van der Waals surface area contributed by atoms with Crippen LogP contribution in [0.5, 0.6) is 0 Å². The van der Waals surface area contributed by atoms with Gasteiger partial charge in [0.15, 0.2) is 5.82 Å².